The summed E-state index contributed by atoms with van der Waals surface area (Å²) >= 11 is 3.11. The molecule has 2 nitrogen and oxygen atoms in total. The van der Waals surface area contributed by atoms with Crippen molar-refractivity contribution in [3.05, 3.63) is 22.6 Å². The van der Waals surface area contributed by atoms with Crippen LogP contribution in [-0.2, 0) is 0 Å². The van der Waals surface area contributed by atoms with Crippen LogP contribution in [0.25, 0.3) is 0 Å². The number of hydrogen-bond acceptors (Lipinski definition) is 2. The average Bonchev–Trinajstić information content (AvgIpc) is 2.08. The van der Waals surface area contributed by atoms with Crippen molar-refractivity contribution in [3.8, 4) is 0 Å². The minimum Gasteiger partial charge on any atom is -0.394 e. The molecule has 0 aromatic rings. The first kappa shape index (κ1) is 11.6. The Morgan fingerprint density at radius 2 is 2.25 bits per heavy atom. The van der Waals surface area contributed by atoms with Crippen LogP contribution >= 0.6 is 15.9 Å². The summed E-state index contributed by atoms with van der Waals surface area (Å²) < 4.78 is 13.0. The molecule has 1 rings (SSSR count). The van der Waals surface area contributed by atoms with Crippen LogP contribution in [0.3, 0.4) is 0 Å². The molecule has 0 amide bonds. The van der Waals surface area contributed by atoms with Crippen LogP contribution in [0.1, 0.15) is 13.8 Å². The van der Waals surface area contributed by atoms with E-state index >= 15 is 0 Å². The molecule has 1 aliphatic heterocycles. The molecule has 70 valence electrons. The van der Waals surface area contributed by atoms with Crippen LogP contribution in [0.15, 0.2) is 22.6 Å². The Labute approximate surface area is 80.3 Å². The van der Waals surface area contributed by atoms with Gasteiger partial charge in [-0.3, -0.25) is 0 Å². The van der Waals surface area contributed by atoms with Crippen LogP contribution < -0.4 is 5.32 Å². The number of rotatable bonds is 1. The third-order valence-electron chi connectivity index (χ3n) is 1.21. The van der Waals surface area contributed by atoms with Crippen molar-refractivity contribution >= 4 is 15.9 Å². The molecule has 0 bridgehead atoms. The highest BCUT2D eigenvalue weighted by Crippen LogP contribution is 2.18. The molecule has 1 heterocycles. The summed E-state index contributed by atoms with van der Waals surface area (Å²) in [5.41, 5.74) is 0. The van der Waals surface area contributed by atoms with E-state index in [1.165, 1.54) is 12.3 Å². The zero-order valence-corrected chi connectivity index (χ0v) is 8.73. The number of aliphatic hydroxyl groups excluding tert-OH is 1. The second kappa shape index (κ2) is 6.20. The molecule has 2 N–H and O–H groups in total. The second-order valence-electron chi connectivity index (χ2n) is 1.96. The SMILES string of the molecule is CC.OCC1NC=C(F)C=C1Br. The largest absolute Gasteiger partial charge is 0.394 e. The quantitative estimate of drug-likeness (QED) is 0.732. The third-order valence-corrected chi connectivity index (χ3v) is 2.00. The van der Waals surface area contributed by atoms with Crippen molar-refractivity contribution in [2.45, 2.75) is 19.9 Å². The van der Waals surface area contributed by atoms with E-state index < -0.39 is 0 Å². The summed E-state index contributed by atoms with van der Waals surface area (Å²) in [6, 6.07) is -0.195. The molecule has 0 aromatic heterocycles. The van der Waals surface area contributed by atoms with Crippen LogP contribution in [0.5, 0.6) is 0 Å². The van der Waals surface area contributed by atoms with Crippen molar-refractivity contribution in [1.29, 1.82) is 0 Å². The van der Waals surface area contributed by atoms with Gasteiger partial charge in [-0.1, -0.05) is 29.8 Å². The molecule has 0 saturated heterocycles. The van der Waals surface area contributed by atoms with E-state index in [0.29, 0.717) is 4.48 Å². The molecule has 0 radical (unpaired) electrons. The molecule has 0 aliphatic carbocycles. The molecular formula is C8H13BrFNO. The molecule has 0 fully saturated rings. The van der Waals surface area contributed by atoms with Gasteiger partial charge in [-0.05, 0) is 6.08 Å². The Kier molecular flexibility index (Phi) is 6.02. The molecule has 1 aliphatic rings. The lowest BCUT2D eigenvalue weighted by molar-refractivity contribution is 0.270. The first-order valence-corrected chi connectivity index (χ1v) is 4.63. The van der Waals surface area contributed by atoms with Gasteiger partial charge in [-0.25, -0.2) is 4.39 Å². The van der Waals surface area contributed by atoms with Crippen LogP contribution in [0, 0.1) is 0 Å². The first-order chi connectivity index (χ1) is 5.74. The third kappa shape index (κ3) is 3.36. The summed E-state index contributed by atoms with van der Waals surface area (Å²) in [4.78, 5) is 0. The Morgan fingerprint density at radius 3 is 2.67 bits per heavy atom. The lowest BCUT2D eigenvalue weighted by atomic mass is 10.2. The van der Waals surface area contributed by atoms with E-state index in [1.807, 2.05) is 13.8 Å². The molecular weight excluding hydrogens is 225 g/mol. The highest BCUT2D eigenvalue weighted by Gasteiger charge is 2.13. The molecule has 4 heteroatoms. The fourth-order valence-electron chi connectivity index (χ4n) is 0.674. The van der Waals surface area contributed by atoms with Crippen molar-refractivity contribution in [1.82, 2.24) is 5.32 Å². The van der Waals surface area contributed by atoms with Gasteiger partial charge < -0.3 is 10.4 Å². The Bertz CT molecular complexity index is 191. The van der Waals surface area contributed by atoms with Crippen LogP contribution in [0.2, 0.25) is 0 Å². The van der Waals surface area contributed by atoms with Gasteiger partial charge in [0.2, 0.25) is 0 Å². The summed E-state index contributed by atoms with van der Waals surface area (Å²) in [5, 5.41) is 11.3. The molecule has 0 spiro atoms. The maximum Gasteiger partial charge on any atom is 0.139 e. The highest BCUT2D eigenvalue weighted by molar-refractivity contribution is 9.11. The van der Waals surface area contributed by atoms with Gasteiger partial charge in [0, 0.05) is 10.7 Å². The number of dihydropyridines is 1. The summed E-state index contributed by atoms with van der Waals surface area (Å²) in [6.45, 7) is 3.96. The van der Waals surface area contributed by atoms with Crippen LogP contribution in [-0.4, -0.2) is 17.8 Å². The molecule has 0 saturated carbocycles. The molecule has 1 unspecified atom stereocenters. The van der Waals surface area contributed by atoms with E-state index in [4.69, 9.17) is 5.11 Å². The van der Waals surface area contributed by atoms with Crippen molar-refractivity contribution in [2.75, 3.05) is 6.61 Å². The van der Waals surface area contributed by atoms with Crippen molar-refractivity contribution < 1.29 is 9.50 Å². The summed E-state index contributed by atoms with van der Waals surface area (Å²) in [7, 11) is 0. The lowest BCUT2D eigenvalue weighted by Gasteiger charge is -2.17. The van der Waals surface area contributed by atoms with Crippen molar-refractivity contribution in [3.63, 3.8) is 0 Å². The smallest absolute Gasteiger partial charge is 0.139 e. The Morgan fingerprint density at radius 1 is 1.67 bits per heavy atom. The lowest BCUT2D eigenvalue weighted by Crippen LogP contribution is -2.30. The second-order valence-corrected chi connectivity index (χ2v) is 2.88. The van der Waals surface area contributed by atoms with E-state index in [0.717, 1.165) is 0 Å². The number of aliphatic hydroxyl groups is 1. The van der Waals surface area contributed by atoms with E-state index in [1.54, 1.807) is 0 Å². The Hall–Kier alpha value is -0.350. The molecule has 12 heavy (non-hydrogen) atoms. The monoisotopic (exact) mass is 237 g/mol. The summed E-state index contributed by atoms with van der Waals surface area (Å²) in [5.74, 6) is -0.337. The van der Waals surface area contributed by atoms with Gasteiger partial charge in [-0.15, -0.1) is 0 Å². The zero-order valence-electron chi connectivity index (χ0n) is 7.14. The number of allylic oxidation sites excluding steroid dienone is 2. The normalized spacial score (nSPS) is 21.2. The van der Waals surface area contributed by atoms with Gasteiger partial charge in [0.15, 0.2) is 0 Å². The fourth-order valence-corrected chi connectivity index (χ4v) is 1.17. The number of halogens is 2. The van der Waals surface area contributed by atoms with E-state index in [-0.39, 0.29) is 18.5 Å². The van der Waals surface area contributed by atoms with Gasteiger partial charge in [0.1, 0.15) is 5.83 Å². The van der Waals surface area contributed by atoms with Crippen LogP contribution in [0.4, 0.5) is 4.39 Å². The van der Waals surface area contributed by atoms with E-state index in [9.17, 15) is 4.39 Å². The van der Waals surface area contributed by atoms with Crippen molar-refractivity contribution in [2.24, 2.45) is 0 Å². The number of hydrogen-bond donors (Lipinski definition) is 2. The minimum atomic E-state index is -0.337. The topological polar surface area (TPSA) is 32.3 Å². The average molecular weight is 238 g/mol. The predicted molar refractivity (Wildman–Crippen MR) is 51.6 cm³/mol. The predicted octanol–water partition coefficient (Wildman–Crippen LogP) is 2.07. The first-order valence-electron chi connectivity index (χ1n) is 3.83. The highest BCUT2D eigenvalue weighted by atomic mass is 79.9. The molecule has 0 aromatic carbocycles. The van der Waals surface area contributed by atoms with Gasteiger partial charge in [-0.2, -0.15) is 0 Å². The standard InChI is InChI=1S/C6H7BrFNO.C2H6/c7-5-1-4(8)2-9-6(5)3-10;1-2/h1-2,6,9-10H,3H2;1-2H3. The maximum absolute atomic E-state index is 12.4. The molecule has 1 atom stereocenters. The minimum absolute atomic E-state index is 0.0408. The fraction of sp³-hybridized carbons (Fsp3) is 0.500. The maximum atomic E-state index is 12.4. The zero-order chi connectivity index (χ0) is 9.56. The van der Waals surface area contributed by atoms with Gasteiger partial charge in [0.05, 0.1) is 12.6 Å². The van der Waals surface area contributed by atoms with Gasteiger partial charge in [0.25, 0.3) is 0 Å². The van der Waals surface area contributed by atoms with Gasteiger partial charge >= 0.3 is 0 Å². The van der Waals surface area contributed by atoms with E-state index in [2.05, 4.69) is 21.2 Å². The summed E-state index contributed by atoms with van der Waals surface area (Å²) in [6.07, 6.45) is 2.56. The number of nitrogens with one attached hydrogen (secondary N) is 1. The Balaban J connectivity index is 0.000000561.